The van der Waals surface area contributed by atoms with Gasteiger partial charge in [0.1, 0.15) is 5.56 Å². The molecule has 8 heteroatoms. The van der Waals surface area contributed by atoms with Crippen molar-refractivity contribution in [1.82, 2.24) is 14.6 Å². The van der Waals surface area contributed by atoms with Crippen molar-refractivity contribution in [2.24, 2.45) is 0 Å². The van der Waals surface area contributed by atoms with Crippen LogP contribution >= 0.6 is 0 Å². The zero-order valence-corrected chi connectivity index (χ0v) is 12.8. The van der Waals surface area contributed by atoms with Crippen LogP contribution in [0.15, 0.2) is 36.8 Å². The van der Waals surface area contributed by atoms with Gasteiger partial charge in [-0.05, 0) is 37.1 Å². The van der Waals surface area contributed by atoms with Crippen molar-refractivity contribution >= 4 is 17.2 Å². The fourth-order valence-corrected chi connectivity index (χ4v) is 2.60. The van der Waals surface area contributed by atoms with Crippen molar-refractivity contribution in [2.75, 3.05) is 5.32 Å². The molecule has 0 unspecified atom stereocenters. The molecule has 0 bridgehead atoms. The maximum Gasteiger partial charge on any atom is 0.416 e. The van der Waals surface area contributed by atoms with E-state index in [-0.39, 0.29) is 22.4 Å². The Morgan fingerprint density at radius 3 is 2.71 bits per heavy atom. The third-order valence-electron chi connectivity index (χ3n) is 3.73. The van der Waals surface area contributed by atoms with Crippen LogP contribution in [0, 0.1) is 13.8 Å². The average molecular weight is 334 g/mol. The number of hydrogen-bond donors (Lipinski definition) is 1. The van der Waals surface area contributed by atoms with E-state index in [1.54, 1.807) is 12.3 Å². The van der Waals surface area contributed by atoms with Crippen molar-refractivity contribution in [3.05, 3.63) is 59.0 Å². The summed E-state index contributed by atoms with van der Waals surface area (Å²) in [6.07, 6.45) is -0.0304. The van der Waals surface area contributed by atoms with E-state index in [9.17, 15) is 18.0 Å². The summed E-state index contributed by atoms with van der Waals surface area (Å²) in [6.45, 7) is 2.72. The van der Waals surface area contributed by atoms with Crippen molar-refractivity contribution in [3.63, 3.8) is 0 Å². The Hall–Kier alpha value is -2.90. The van der Waals surface area contributed by atoms with Gasteiger partial charge < -0.3 is 5.32 Å². The Balaban J connectivity index is 1.98. The predicted molar refractivity (Wildman–Crippen MR) is 81.9 cm³/mol. The largest absolute Gasteiger partial charge is 0.416 e. The third kappa shape index (κ3) is 2.70. The SMILES string of the molecule is Cc1ccc(NC(=O)c2cnn3cccnc23)c(C)c1C(F)(F)F. The number of aromatic nitrogens is 3. The van der Waals surface area contributed by atoms with Gasteiger partial charge in [0, 0.05) is 18.1 Å². The van der Waals surface area contributed by atoms with Crippen LogP contribution in [0.2, 0.25) is 0 Å². The number of anilines is 1. The first-order valence-electron chi connectivity index (χ1n) is 7.06. The second kappa shape index (κ2) is 5.63. The van der Waals surface area contributed by atoms with Crippen LogP contribution in [0.3, 0.4) is 0 Å². The highest BCUT2D eigenvalue weighted by atomic mass is 19.4. The number of rotatable bonds is 2. The van der Waals surface area contributed by atoms with E-state index in [1.165, 1.54) is 42.9 Å². The van der Waals surface area contributed by atoms with Crippen molar-refractivity contribution < 1.29 is 18.0 Å². The smallest absolute Gasteiger partial charge is 0.322 e. The standard InChI is InChI=1S/C16H13F3N4O/c1-9-4-5-12(10(2)13(9)16(17,18)19)22-15(24)11-8-21-23-7-3-6-20-14(11)23/h3-8H,1-2H3,(H,22,24). The van der Waals surface area contributed by atoms with Crippen molar-refractivity contribution in [3.8, 4) is 0 Å². The van der Waals surface area contributed by atoms with Gasteiger partial charge >= 0.3 is 6.18 Å². The lowest BCUT2D eigenvalue weighted by Gasteiger charge is -2.17. The van der Waals surface area contributed by atoms with Gasteiger partial charge in [0.2, 0.25) is 0 Å². The lowest BCUT2D eigenvalue weighted by atomic mass is 10.0. The Labute approximate surface area is 135 Å². The van der Waals surface area contributed by atoms with Gasteiger partial charge in [0.05, 0.1) is 11.8 Å². The average Bonchev–Trinajstić information content (AvgIpc) is 2.93. The summed E-state index contributed by atoms with van der Waals surface area (Å²) in [5.41, 5.74) is -0.0395. The van der Waals surface area contributed by atoms with E-state index in [1.807, 2.05) is 0 Å². The molecular formula is C16H13F3N4O. The van der Waals surface area contributed by atoms with Crippen LogP contribution in [0.1, 0.15) is 27.0 Å². The van der Waals surface area contributed by atoms with Crippen LogP contribution in [0.25, 0.3) is 5.65 Å². The highest BCUT2D eigenvalue weighted by Crippen LogP contribution is 2.37. The molecule has 3 rings (SSSR count). The number of benzene rings is 1. The van der Waals surface area contributed by atoms with Crippen LogP contribution in [0.4, 0.5) is 18.9 Å². The lowest BCUT2D eigenvalue weighted by Crippen LogP contribution is -2.16. The van der Waals surface area contributed by atoms with Crippen molar-refractivity contribution in [2.45, 2.75) is 20.0 Å². The number of aryl methyl sites for hydroxylation is 1. The zero-order valence-electron chi connectivity index (χ0n) is 12.8. The molecule has 2 heterocycles. The molecule has 0 spiro atoms. The molecule has 0 aliphatic rings. The summed E-state index contributed by atoms with van der Waals surface area (Å²) in [5.74, 6) is -0.566. The van der Waals surface area contributed by atoms with E-state index >= 15 is 0 Å². The van der Waals surface area contributed by atoms with E-state index < -0.39 is 17.6 Å². The molecule has 1 aromatic carbocycles. The fraction of sp³-hybridized carbons (Fsp3) is 0.188. The minimum atomic E-state index is -4.49. The van der Waals surface area contributed by atoms with Gasteiger partial charge in [-0.15, -0.1) is 0 Å². The molecule has 5 nitrogen and oxygen atoms in total. The maximum atomic E-state index is 13.2. The summed E-state index contributed by atoms with van der Waals surface area (Å²) < 4.78 is 40.9. The van der Waals surface area contributed by atoms with E-state index in [2.05, 4.69) is 15.4 Å². The third-order valence-corrected chi connectivity index (χ3v) is 3.73. The minimum Gasteiger partial charge on any atom is -0.322 e. The first-order chi connectivity index (χ1) is 11.3. The number of halogens is 3. The summed E-state index contributed by atoms with van der Waals surface area (Å²) >= 11 is 0. The predicted octanol–water partition coefficient (Wildman–Crippen LogP) is 3.62. The summed E-state index contributed by atoms with van der Waals surface area (Å²) in [6, 6.07) is 4.44. The van der Waals surface area contributed by atoms with Crippen LogP contribution in [-0.2, 0) is 6.18 Å². The molecule has 1 amide bonds. The summed E-state index contributed by atoms with van der Waals surface area (Å²) in [4.78, 5) is 16.5. The van der Waals surface area contributed by atoms with Gasteiger partial charge in [-0.1, -0.05) is 6.07 Å². The van der Waals surface area contributed by atoms with Gasteiger partial charge in [-0.2, -0.15) is 18.3 Å². The van der Waals surface area contributed by atoms with Gasteiger partial charge in [0.15, 0.2) is 5.65 Å². The van der Waals surface area contributed by atoms with E-state index in [4.69, 9.17) is 0 Å². The monoisotopic (exact) mass is 334 g/mol. The Kier molecular flexibility index (Phi) is 3.75. The molecule has 0 atom stereocenters. The van der Waals surface area contributed by atoms with E-state index in [0.717, 1.165) is 0 Å². The number of fused-ring (bicyclic) bond motifs is 1. The Bertz CT molecular complexity index is 931. The van der Waals surface area contributed by atoms with Crippen LogP contribution in [0.5, 0.6) is 0 Å². The maximum absolute atomic E-state index is 13.2. The second-order valence-electron chi connectivity index (χ2n) is 5.33. The molecule has 0 saturated heterocycles. The quantitative estimate of drug-likeness (QED) is 0.779. The summed E-state index contributed by atoms with van der Waals surface area (Å²) in [7, 11) is 0. The molecule has 1 N–H and O–H groups in total. The molecule has 0 aliphatic carbocycles. The molecule has 2 aromatic heterocycles. The topological polar surface area (TPSA) is 59.3 Å². The Morgan fingerprint density at radius 1 is 1.25 bits per heavy atom. The normalized spacial score (nSPS) is 11.7. The zero-order chi connectivity index (χ0) is 17.5. The molecule has 0 saturated carbocycles. The molecule has 0 radical (unpaired) electrons. The number of carbonyl (C=O) groups is 1. The van der Waals surface area contributed by atoms with E-state index in [0.29, 0.717) is 5.65 Å². The number of amides is 1. The molecule has 124 valence electrons. The molecular weight excluding hydrogens is 321 g/mol. The summed E-state index contributed by atoms with van der Waals surface area (Å²) in [5, 5.41) is 6.50. The molecule has 24 heavy (non-hydrogen) atoms. The first kappa shape index (κ1) is 16.0. The number of alkyl halides is 3. The first-order valence-corrected chi connectivity index (χ1v) is 7.06. The van der Waals surface area contributed by atoms with Gasteiger partial charge in [-0.3, -0.25) is 4.79 Å². The van der Waals surface area contributed by atoms with Crippen LogP contribution < -0.4 is 5.32 Å². The highest BCUT2D eigenvalue weighted by Gasteiger charge is 2.35. The van der Waals surface area contributed by atoms with Crippen LogP contribution in [-0.4, -0.2) is 20.5 Å². The number of nitrogens with one attached hydrogen (secondary N) is 1. The number of hydrogen-bond acceptors (Lipinski definition) is 3. The molecule has 0 aliphatic heterocycles. The molecule has 0 fully saturated rings. The minimum absolute atomic E-state index is 0.0275. The number of carbonyl (C=O) groups excluding carboxylic acids is 1. The Morgan fingerprint density at radius 2 is 2.00 bits per heavy atom. The molecule has 3 aromatic rings. The second-order valence-corrected chi connectivity index (χ2v) is 5.33. The number of nitrogens with zero attached hydrogens (tertiary/aromatic N) is 3. The highest BCUT2D eigenvalue weighted by molar-refractivity contribution is 6.08. The van der Waals surface area contributed by atoms with Gasteiger partial charge in [-0.25, -0.2) is 9.50 Å². The lowest BCUT2D eigenvalue weighted by molar-refractivity contribution is -0.138. The van der Waals surface area contributed by atoms with Crippen molar-refractivity contribution in [1.29, 1.82) is 0 Å². The van der Waals surface area contributed by atoms with Gasteiger partial charge in [0.25, 0.3) is 5.91 Å². The fourth-order valence-electron chi connectivity index (χ4n) is 2.60.